The number of pyridine rings is 1. The van der Waals surface area contributed by atoms with Crippen molar-refractivity contribution in [1.82, 2.24) is 10.1 Å². The Labute approximate surface area is 111 Å². The summed E-state index contributed by atoms with van der Waals surface area (Å²) in [6, 6.07) is 3.21. The lowest BCUT2D eigenvalue weighted by atomic mass is 10.3. The Morgan fingerprint density at radius 2 is 2.44 bits per heavy atom. The number of hydrogen-bond donors (Lipinski definition) is 1. The summed E-state index contributed by atoms with van der Waals surface area (Å²) >= 11 is 3.29. The fourth-order valence-corrected chi connectivity index (χ4v) is 1.64. The molecule has 94 valence electrons. The first-order valence-corrected chi connectivity index (χ1v) is 5.85. The minimum atomic E-state index is -0.354. The lowest BCUT2D eigenvalue weighted by Gasteiger charge is -2.03. The van der Waals surface area contributed by atoms with Gasteiger partial charge >= 0.3 is 0 Å². The van der Waals surface area contributed by atoms with Crippen LogP contribution in [0.2, 0.25) is 0 Å². The molecule has 0 aliphatic heterocycles. The molecule has 0 aliphatic carbocycles. The fourth-order valence-electron chi connectivity index (χ4n) is 1.29. The van der Waals surface area contributed by atoms with Gasteiger partial charge in [-0.3, -0.25) is 9.78 Å². The van der Waals surface area contributed by atoms with E-state index in [4.69, 9.17) is 9.26 Å². The summed E-state index contributed by atoms with van der Waals surface area (Å²) in [5.74, 6) is 0.143. The van der Waals surface area contributed by atoms with E-state index in [2.05, 4.69) is 31.4 Å². The number of ether oxygens (including phenoxy) is 1. The molecule has 18 heavy (non-hydrogen) atoms. The Bertz CT molecular complexity index is 556. The van der Waals surface area contributed by atoms with Crippen molar-refractivity contribution in [3.05, 3.63) is 40.5 Å². The third-order valence-corrected chi connectivity index (χ3v) is 2.73. The van der Waals surface area contributed by atoms with Crippen molar-refractivity contribution in [1.29, 1.82) is 0 Å². The molecule has 0 fully saturated rings. The molecule has 2 heterocycles. The van der Waals surface area contributed by atoms with Crippen LogP contribution in [0.25, 0.3) is 0 Å². The van der Waals surface area contributed by atoms with Crippen LogP contribution in [0.3, 0.4) is 0 Å². The molecular formula is C11H10BrN3O3. The number of rotatable bonds is 4. The van der Waals surface area contributed by atoms with Crippen molar-refractivity contribution in [3.63, 3.8) is 0 Å². The molecule has 1 N–H and O–H groups in total. The highest BCUT2D eigenvalue weighted by molar-refractivity contribution is 9.10. The van der Waals surface area contributed by atoms with Crippen molar-refractivity contribution in [2.75, 3.05) is 12.4 Å². The molecule has 1 amide bonds. The van der Waals surface area contributed by atoms with Crippen LogP contribution < -0.4 is 5.32 Å². The largest absolute Gasteiger partial charge is 0.377 e. The van der Waals surface area contributed by atoms with Crippen LogP contribution in [-0.4, -0.2) is 23.2 Å². The van der Waals surface area contributed by atoms with Crippen LogP contribution in [-0.2, 0) is 11.3 Å². The van der Waals surface area contributed by atoms with Crippen LogP contribution in [0, 0.1) is 0 Å². The molecule has 0 spiro atoms. The maximum Gasteiger partial charge on any atom is 0.277 e. The quantitative estimate of drug-likeness (QED) is 0.937. The van der Waals surface area contributed by atoms with E-state index in [0.717, 1.165) is 0 Å². The zero-order chi connectivity index (χ0) is 13.0. The molecule has 2 rings (SSSR count). The van der Waals surface area contributed by atoms with Crippen molar-refractivity contribution in [3.8, 4) is 0 Å². The summed E-state index contributed by atoms with van der Waals surface area (Å²) in [6.45, 7) is 0.277. The first-order valence-electron chi connectivity index (χ1n) is 5.06. The van der Waals surface area contributed by atoms with Crippen molar-refractivity contribution < 1.29 is 14.1 Å². The van der Waals surface area contributed by atoms with E-state index < -0.39 is 0 Å². The van der Waals surface area contributed by atoms with Gasteiger partial charge in [0.25, 0.3) is 5.91 Å². The number of hydrogen-bond acceptors (Lipinski definition) is 5. The van der Waals surface area contributed by atoms with E-state index in [9.17, 15) is 4.79 Å². The number of amides is 1. The maximum atomic E-state index is 11.9. The number of methoxy groups -OCH3 is 1. The average Bonchev–Trinajstić information content (AvgIpc) is 2.81. The van der Waals surface area contributed by atoms with Gasteiger partial charge in [0.2, 0.25) is 0 Å². The molecule has 7 heteroatoms. The lowest BCUT2D eigenvalue weighted by molar-refractivity contribution is 0.101. The Hall–Kier alpha value is -1.73. The van der Waals surface area contributed by atoms with Gasteiger partial charge in [-0.05, 0) is 22.0 Å². The second-order valence-corrected chi connectivity index (χ2v) is 4.28. The summed E-state index contributed by atoms with van der Waals surface area (Å²) in [6.07, 6.45) is 3.17. The van der Waals surface area contributed by atoms with Gasteiger partial charge in [0.05, 0.1) is 10.2 Å². The summed E-state index contributed by atoms with van der Waals surface area (Å²) in [4.78, 5) is 15.8. The highest BCUT2D eigenvalue weighted by Crippen LogP contribution is 2.20. The molecule has 2 aromatic heterocycles. The summed E-state index contributed by atoms with van der Waals surface area (Å²) in [7, 11) is 1.54. The van der Waals surface area contributed by atoms with Crippen LogP contribution in [0.5, 0.6) is 0 Å². The lowest BCUT2D eigenvalue weighted by Crippen LogP contribution is -2.12. The zero-order valence-corrected chi connectivity index (χ0v) is 11.1. The van der Waals surface area contributed by atoms with Crippen LogP contribution >= 0.6 is 15.9 Å². The molecule has 6 nitrogen and oxygen atoms in total. The van der Waals surface area contributed by atoms with Gasteiger partial charge < -0.3 is 14.6 Å². The highest BCUT2D eigenvalue weighted by Gasteiger charge is 2.13. The van der Waals surface area contributed by atoms with Gasteiger partial charge in [-0.1, -0.05) is 5.16 Å². The summed E-state index contributed by atoms with van der Waals surface area (Å²) in [5.41, 5.74) is 0.817. The molecule has 0 radical (unpaired) electrons. The Balaban J connectivity index is 2.10. The fraction of sp³-hybridized carbons (Fsp3) is 0.182. The number of carbonyl (C=O) groups excluding carboxylic acids is 1. The molecule has 0 aromatic carbocycles. The summed E-state index contributed by atoms with van der Waals surface area (Å²) in [5, 5.41) is 6.36. The van der Waals surface area contributed by atoms with Gasteiger partial charge in [0.1, 0.15) is 6.61 Å². The van der Waals surface area contributed by atoms with Gasteiger partial charge in [-0.15, -0.1) is 0 Å². The molecule has 0 atom stereocenters. The minimum absolute atomic E-state index is 0.200. The number of nitrogens with one attached hydrogen (secondary N) is 1. The van der Waals surface area contributed by atoms with Gasteiger partial charge in [0.15, 0.2) is 11.5 Å². The molecule has 0 unspecified atom stereocenters. The average molecular weight is 312 g/mol. The third kappa shape index (κ3) is 2.93. The predicted molar refractivity (Wildman–Crippen MR) is 67.1 cm³/mol. The number of aromatic nitrogens is 2. The Kier molecular flexibility index (Phi) is 4.06. The maximum absolute atomic E-state index is 11.9. The summed E-state index contributed by atoms with van der Waals surface area (Å²) < 4.78 is 10.5. The van der Waals surface area contributed by atoms with Crippen molar-refractivity contribution in [2.24, 2.45) is 0 Å². The molecule has 0 aliphatic rings. The molecule has 0 saturated carbocycles. The second kappa shape index (κ2) is 5.74. The normalized spacial score (nSPS) is 10.3. The number of halogens is 1. The standard InChI is InChI=1S/C11H10BrN3O3/c1-17-6-7-4-10(15-18-7)11(16)14-9-2-3-13-5-8(9)12/h2-5H,6H2,1H3,(H,13,14,16). The van der Waals surface area contributed by atoms with Gasteiger partial charge in [0, 0.05) is 25.6 Å². The van der Waals surface area contributed by atoms with E-state index in [1.807, 2.05) is 0 Å². The van der Waals surface area contributed by atoms with E-state index in [0.29, 0.717) is 15.9 Å². The van der Waals surface area contributed by atoms with Crippen LogP contribution in [0.1, 0.15) is 16.2 Å². The first kappa shape index (κ1) is 12.7. The molecule has 0 bridgehead atoms. The van der Waals surface area contributed by atoms with Crippen molar-refractivity contribution in [2.45, 2.75) is 6.61 Å². The van der Waals surface area contributed by atoms with Crippen molar-refractivity contribution >= 4 is 27.5 Å². The SMILES string of the molecule is COCc1cc(C(=O)Nc2ccncc2Br)no1. The number of carbonyl (C=O) groups is 1. The smallest absolute Gasteiger partial charge is 0.277 e. The Morgan fingerprint density at radius 1 is 1.61 bits per heavy atom. The number of nitrogens with zero attached hydrogens (tertiary/aromatic N) is 2. The van der Waals surface area contributed by atoms with Crippen LogP contribution in [0.4, 0.5) is 5.69 Å². The van der Waals surface area contributed by atoms with E-state index in [1.54, 1.807) is 18.5 Å². The minimum Gasteiger partial charge on any atom is -0.377 e. The molecular weight excluding hydrogens is 302 g/mol. The zero-order valence-electron chi connectivity index (χ0n) is 9.51. The molecule has 0 saturated heterocycles. The van der Waals surface area contributed by atoms with E-state index in [-0.39, 0.29) is 18.2 Å². The molecule has 2 aromatic rings. The van der Waals surface area contributed by atoms with E-state index in [1.165, 1.54) is 13.2 Å². The Morgan fingerprint density at radius 3 is 3.17 bits per heavy atom. The van der Waals surface area contributed by atoms with Gasteiger partial charge in [-0.2, -0.15) is 0 Å². The monoisotopic (exact) mass is 311 g/mol. The highest BCUT2D eigenvalue weighted by atomic mass is 79.9. The first-order chi connectivity index (χ1) is 8.70. The predicted octanol–water partition coefficient (Wildman–Crippen LogP) is 2.23. The van der Waals surface area contributed by atoms with Crippen LogP contribution in [0.15, 0.2) is 33.5 Å². The van der Waals surface area contributed by atoms with E-state index >= 15 is 0 Å². The van der Waals surface area contributed by atoms with Gasteiger partial charge in [-0.25, -0.2) is 0 Å². The second-order valence-electron chi connectivity index (χ2n) is 3.42. The topological polar surface area (TPSA) is 77.2 Å². The third-order valence-electron chi connectivity index (χ3n) is 2.10. The number of anilines is 1.